The van der Waals surface area contributed by atoms with Crippen molar-refractivity contribution in [2.45, 2.75) is 0 Å². The molecule has 0 unspecified atom stereocenters. The highest BCUT2D eigenvalue weighted by Crippen LogP contribution is 2.09. The van der Waals surface area contributed by atoms with E-state index in [2.05, 4.69) is 15.9 Å². The van der Waals surface area contributed by atoms with E-state index in [9.17, 15) is 4.79 Å². The fourth-order valence-corrected chi connectivity index (χ4v) is 1.39. The highest BCUT2D eigenvalue weighted by molar-refractivity contribution is 9.10. The van der Waals surface area contributed by atoms with Crippen LogP contribution < -0.4 is 10.4 Å². The first-order valence-corrected chi connectivity index (χ1v) is 4.25. The van der Waals surface area contributed by atoms with Crippen molar-refractivity contribution in [2.75, 3.05) is 0 Å². The van der Waals surface area contributed by atoms with E-state index in [1.54, 1.807) is 6.07 Å². The number of aldehydes is 1. The van der Waals surface area contributed by atoms with Gasteiger partial charge in [-0.2, -0.15) is 0 Å². The second kappa shape index (κ2) is 4.09. The number of carbonyl (C=O) groups is 1. The first-order chi connectivity index (χ1) is 6.22. The summed E-state index contributed by atoms with van der Waals surface area (Å²) in [7, 11) is 0. The molecule has 13 heavy (non-hydrogen) atoms. The first-order valence-electron chi connectivity index (χ1n) is 3.46. The van der Waals surface area contributed by atoms with Gasteiger partial charge in [0.25, 0.3) is 0 Å². The maximum atomic E-state index is 10.5. The largest absolute Gasteiger partial charge is 0.515 e. The van der Waals surface area contributed by atoms with Gasteiger partial charge in [0.1, 0.15) is 0 Å². The zero-order valence-corrected chi connectivity index (χ0v) is 8.15. The predicted octanol–water partition coefficient (Wildman–Crippen LogP) is 0.854. The Bertz CT molecular complexity index is 437. The van der Waals surface area contributed by atoms with Crippen LogP contribution in [0.25, 0.3) is 12.5 Å². The third-order valence-electron chi connectivity index (χ3n) is 1.61. The van der Waals surface area contributed by atoms with Crippen LogP contribution in [0.1, 0.15) is 10.4 Å². The lowest BCUT2D eigenvalue weighted by molar-refractivity contribution is 0.112. The molecule has 0 radical (unpaired) electrons. The molecule has 0 heterocycles. The van der Waals surface area contributed by atoms with E-state index in [0.29, 0.717) is 26.8 Å². The number of aliphatic hydroxyl groups is 2. The number of hydrogen-bond acceptors (Lipinski definition) is 3. The standard InChI is InChI=1S/C9H7BrO3/c10-9-2-7(4-12)6(3-11)1-8(9)5-13/h1-5,11-12H. The normalized spacial score (nSPS) is 13.3. The monoisotopic (exact) mass is 242 g/mol. The van der Waals surface area contributed by atoms with Crippen molar-refractivity contribution >= 4 is 34.7 Å². The maximum Gasteiger partial charge on any atom is 0.151 e. The van der Waals surface area contributed by atoms with Gasteiger partial charge in [0, 0.05) is 20.5 Å². The molecule has 2 N–H and O–H groups in total. The molecular weight excluding hydrogens is 236 g/mol. The van der Waals surface area contributed by atoms with E-state index in [1.165, 1.54) is 6.07 Å². The molecule has 0 spiro atoms. The van der Waals surface area contributed by atoms with Gasteiger partial charge in [-0.3, -0.25) is 4.79 Å². The van der Waals surface area contributed by atoms with E-state index in [0.717, 1.165) is 12.5 Å². The van der Waals surface area contributed by atoms with Crippen molar-refractivity contribution in [2.24, 2.45) is 0 Å². The quantitative estimate of drug-likeness (QED) is 0.719. The van der Waals surface area contributed by atoms with Gasteiger partial charge in [-0.1, -0.05) is 15.9 Å². The van der Waals surface area contributed by atoms with Crippen LogP contribution in [0, 0.1) is 0 Å². The third kappa shape index (κ3) is 1.89. The number of rotatable bonds is 1. The molecule has 0 saturated carbocycles. The Hall–Kier alpha value is -1.29. The van der Waals surface area contributed by atoms with Gasteiger partial charge < -0.3 is 10.2 Å². The van der Waals surface area contributed by atoms with Crippen molar-refractivity contribution < 1.29 is 15.0 Å². The van der Waals surface area contributed by atoms with Gasteiger partial charge in [-0.05, 0) is 12.1 Å². The van der Waals surface area contributed by atoms with E-state index in [1.807, 2.05) is 0 Å². The average Bonchev–Trinajstić information content (AvgIpc) is 2.17. The molecule has 4 heteroatoms. The van der Waals surface area contributed by atoms with Crippen LogP contribution in [0.5, 0.6) is 0 Å². The molecule has 0 amide bonds. The van der Waals surface area contributed by atoms with Crippen LogP contribution in [-0.2, 0) is 0 Å². The fraction of sp³-hybridized carbons (Fsp3) is 0. The smallest absolute Gasteiger partial charge is 0.151 e. The van der Waals surface area contributed by atoms with Crippen LogP contribution in [-0.4, -0.2) is 16.5 Å². The van der Waals surface area contributed by atoms with Crippen LogP contribution in [0.4, 0.5) is 0 Å². The lowest BCUT2D eigenvalue weighted by atomic mass is 10.2. The first kappa shape index (κ1) is 9.80. The summed E-state index contributed by atoms with van der Waals surface area (Å²) in [5, 5.41) is 18.4. The van der Waals surface area contributed by atoms with Gasteiger partial charge in [-0.25, -0.2) is 0 Å². The average molecular weight is 243 g/mol. The van der Waals surface area contributed by atoms with Gasteiger partial charge in [0.15, 0.2) is 6.29 Å². The number of hydrogen-bond donors (Lipinski definition) is 2. The molecule has 0 aliphatic heterocycles. The zero-order chi connectivity index (χ0) is 9.84. The van der Waals surface area contributed by atoms with Crippen molar-refractivity contribution in [3.8, 4) is 0 Å². The lowest BCUT2D eigenvalue weighted by Crippen LogP contribution is -2.25. The van der Waals surface area contributed by atoms with E-state index in [-0.39, 0.29) is 0 Å². The molecule has 0 saturated heterocycles. The Morgan fingerprint density at radius 3 is 2.15 bits per heavy atom. The summed E-state index contributed by atoms with van der Waals surface area (Å²) in [5.41, 5.74) is 0.422. The highest BCUT2D eigenvalue weighted by atomic mass is 79.9. The minimum Gasteiger partial charge on any atom is -0.515 e. The predicted molar refractivity (Wildman–Crippen MR) is 53.0 cm³/mol. The summed E-state index contributed by atoms with van der Waals surface area (Å²) in [6.45, 7) is 0. The Labute approximate surface area is 82.8 Å². The molecular formula is C9H7BrO3. The second-order valence-corrected chi connectivity index (χ2v) is 3.23. The lowest BCUT2D eigenvalue weighted by Gasteiger charge is -1.95. The number of aliphatic hydroxyl groups excluding tert-OH is 2. The second-order valence-electron chi connectivity index (χ2n) is 2.38. The molecule has 0 aliphatic carbocycles. The van der Waals surface area contributed by atoms with Crippen LogP contribution >= 0.6 is 15.9 Å². The van der Waals surface area contributed by atoms with Crippen LogP contribution in [0.15, 0.2) is 16.6 Å². The molecule has 0 aromatic heterocycles. The third-order valence-corrected chi connectivity index (χ3v) is 2.29. The Morgan fingerprint density at radius 2 is 1.69 bits per heavy atom. The molecule has 1 aromatic carbocycles. The number of halogens is 1. The molecule has 68 valence electrons. The summed E-state index contributed by atoms with van der Waals surface area (Å²) in [6.07, 6.45) is 2.36. The van der Waals surface area contributed by atoms with Crippen molar-refractivity contribution in [3.05, 3.63) is 32.6 Å². The minimum absolute atomic E-state index is 0.396. The highest BCUT2D eigenvalue weighted by Gasteiger charge is 1.98. The zero-order valence-electron chi connectivity index (χ0n) is 6.57. The molecule has 0 bridgehead atoms. The summed E-state index contributed by atoms with van der Waals surface area (Å²) >= 11 is 3.15. The van der Waals surface area contributed by atoms with E-state index < -0.39 is 0 Å². The number of carbonyl (C=O) groups excluding carboxylic acids is 1. The maximum absolute atomic E-state index is 10.5. The van der Waals surface area contributed by atoms with Crippen LogP contribution in [0.3, 0.4) is 0 Å². The molecule has 0 atom stereocenters. The van der Waals surface area contributed by atoms with Gasteiger partial charge >= 0.3 is 0 Å². The molecule has 1 rings (SSSR count). The number of benzene rings is 1. The molecule has 0 aliphatic rings. The summed E-state index contributed by atoms with van der Waals surface area (Å²) in [4.78, 5) is 10.5. The van der Waals surface area contributed by atoms with Gasteiger partial charge in [-0.15, -0.1) is 0 Å². The molecule has 0 fully saturated rings. The van der Waals surface area contributed by atoms with Gasteiger partial charge in [0.2, 0.25) is 0 Å². The minimum atomic E-state index is 0.396. The van der Waals surface area contributed by atoms with Gasteiger partial charge in [0.05, 0.1) is 12.5 Å². The van der Waals surface area contributed by atoms with Crippen molar-refractivity contribution in [3.63, 3.8) is 0 Å². The summed E-state index contributed by atoms with van der Waals surface area (Å²) in [5.74, 6) is 0. The van der Waals surface area contributed by atoms with Crippen LogP contribution in [0.2, 0.25) is 0 Å². The molecule has 3 nitrogen and oxygen atoms in total. The fourth-order valence-electron chi connectivity index (χ4n) is 0.937. The summed E-state index contributed by atoms with van der Waals surface area (Å²) in [6, 6.07) is 3.02. The van der Waals surface area contributed by atoms with E-state index in [4.69, 9.17) is 10.2 Å². The topological polar surface area (TPSA) is 57.5 Å². The van der Waals surface area contributed by atoms with E-state index >= 15 is 0 Å². The Balaban J connectivity index is 3.65. The Morgan fingerprint density at radius 1 is 1.15 bits per heavy atom. The van der Waals surface area contributed by atoms with Crippen molar-refractivity contribution in [1.82, 2.24) is 0 Å². The molecule has 1 aromatic rings. The SMILES string of the molecule is O=Cc1cc(=CO)c(=CO)cc1Br. The Kier molecular flexibility index (Phi) is 3.08. The summed E-state index contributed by atoms with van der Waals surface area (Å²) < 4.78 is 0.577. The van der Waals surface area contributed by atoms with Crippen molar-refractivity contribution in [1.29, 1.82) is 0 Å².